The van der Waals surface area contributed by atoms with Crippen LogP contribution < -0.4 is 5.32 Å². The predicted molar refractivity (Wildman–Crippen MR) is 102 cm³/mol. The van der Waals surface area contributed by atoms with Crippen LogP contribution in [0.4, 0.5) is 11.5 Å². The van der Waals surface area contributed by atoms with E-state index in [0.29, 0.717) is 49.0 Å². The minimum atomic E-state index is 0.0136. The Labute approximate surface area is 157 Å². The van der Waals surface area contributed by atoms with E-state index in [4.69, 9.17) is 4.74 Å². The maximum Gasteiger partial charge on any atom is 0.254 e. The topological polar surface area (TPSA) is 85.2 Å². The van der Waals surface area contributed by atoms with Gasteiger partial charge in [-0.05, 0) is 32.0 Å². The lowest BCUT2D eigenvalue weighted by atomic mass is 10.1. The Kier molecular flexibility index (Phi) is 4.49. The van der Waals surface area contributed by atoms with Crippen molar-refractivity contribution < 1.29 is 9.53 Å². The maximum atomic E-state index is 12.7. The van der Waals surface area contributed by atoms with Crippen molar-refractivity contribution in [3.63, 3.8) is 0 Å². The Balaban J connectivity index is 1.65. The third-order valence-corrected chi connectivity index (χ3v) is 4.74. The highest BCUT2D eigenvalue weighted by atomic mass is 16.5. The smallest absolute Gasteiger partial charge is 0.254 e. The Hall–Kier alpha value is -3.00. The van der Waals surface area contributed by atoms with Crippen LogP contribution in [0.1, 0.15) is 21.9 Å². The average Bonchev–Trinajstić information content (AvgIpc) is 2.97. The van der Waals surface area contributed by atoms with Gasteiger partial charge in [0.15, 0.2) is 11.3 Å². The Morgan fingerprint density at radius 3 is 2.70 bits per heavy atom. The van der Waals surface area contributed by atoms with E-state index in [1.165, 1.54) is 0 Å². The summed E-state index contributed by atoms with van der Waals surface area (Å²) < 4.78 is 7.12. The molecule has 3 heterocycles. The lowest BCUT2D eigenvalue weighted by Gasteiger charge is -2.27. The number of benzene rings is 1. The van der Waals surface area contributed by atoms with E-state index >= 15 is 0 Å². The van der Waals surface area contributed by atoms with Crippen LogP contribution in [0.2, 0.25) is 0 Å². The van der Waals surface area contributed by atoms with Crippen LogP contribution in [0, 0.1) is 13.8 Å². The zero-order valence-electron chi connectivity index (χ0n) is 15.7. The normalized spacial score (nSPS) is 14.6. The van der Waals surface area contributed by atoms with E-state index in [2.05, 4.69) is 20.4 Å². The Bertz CT molecular complexity index is 1010. The SMILES string of the molecule is Cc1nc(Nc2cccc(C(=O)N3CCOCC3)c2)c2nn(C)c(C)c2n1. The van der Waals surface area contributed by atoms with E-state index in [9.17, 15) is 4.79 Å². The molecule has 8 nitrogen and oxygen atoms in total. The molecule has 0 radical (unpaired) electrons. The monoisotopic (exact) mass is 366 g/mol. The molecule has 0 atom stereocenters. The summed E-state index contributed by atoms with van der Waals surface area (Å²) >= 11 is 0. The van der Waals surface area contributed by atoms with E-state index in [1.807, 2.05) is 50.1 Å². The third kappa shape index (κ3) is 3.35. The van der Waals surface area contributed by atoms with Crippen LogP contribution in [0.25, 0.3) is 11.0 Å². The predicted octanol–water partition coefficient (Wildman–Crippen LogP) is 2.20. The van der Waals surface area contributed by atoms with Crippen LogP contribution in [0.5, 0.6) is 0 Å². The first kappa shape index (κ1) is 17.4. The molecule has 4 rings (SSSR count). The number of carbonyl (C=O) groups is 1. The largest absolute Gasteiger partial charge is 0.378 e. The van der Waals surface area contributed by atoms with Gasteiger partial charge in [0.05, 0.1) is 18.9 Å². The van der Waals surface area contributed by atoms with Crippen LogP contribution >= 0.6 is 0 Å². The number of morpholine rings is 1. The van der Waals surface area contributed by atoms with Gasteiger partial charge in [-0.25, -0.2) is 9.97 Å². The highest BCUT2D eigenvalue weighted by Crippen LogP contribution is 2.25. The number of carbonyl (C=O) groups excluding carboxylic acids is 1. The minimum Gasteiger partial charge on any atom is -0.378 e. The number of ether oxygens (including phenoxy) is 1. The molecule has 1 aliphatic heterocycles. The highest BCUT2D eigenvalue weighted by Gasteiger charge is 2.19. The molecule has 8 heteroatoms. The molecule has 1 aliphatic rings. The zero-order valence-corrected chi connectivity index (χ0v) is 15.7. The summed E-state index contributed by atoms with van der Waals surface area (Å²) in [5.74, 6) is 1.32. The van der Waals surface area contributed by atoms with Crippen molar-refractivity contribution in [3.05, 3.63) is 41.3 Å². The summed E-state index contributed by atoms with van der Waals surface area (Å²) in [4.78, 5) is 23.5. The van der Waals surface area contributed by atoms with Gasteiger partial charge in [0.2, 0.25) is 0 Å². The van der Waals surface area contributed by atoms with Gasteiger partial charge >= 0.3 is 0 Å². The fourth-order valence-corrected chi connectivity index (χ4v) is 3.19. The Morgan fingerprint density at radius 1 is 1.15 bits per heavy atom. The molecule has 2 aromatic heterocycles. The number of rotatable bonds is 3. The highest BCUT2D eigenvalue weighted by molar-refractivity contribution is 5.96. The molecule has 3 aromatic rings. The first-order valence-corrected chi connectivity index (χ1v) is 8.95. The Morgan fingerprint density at radius 2 is 1.93 bits per heavy atom. The van der Waals surface area contributed by atoms with Crippen molar-refractivity contribution in [2.75, 3.05) is 31.6 Å². The molecule has 0 aliphatic carbocycles. The number of amides is 1. The number of nitrogens with one attached hydrogen (secondary N) is 1. The molecule has 1 saturated heterocycles. The van der Waals surface area contributed by atoms with E-state index in [1.54, 1.807) is 4.68 Å². The summed E-state index contributed by atoms with van der Waals surface area (Å²) in [6.45, 7) is 6.25. The number of aryl methyl sites for hydroxylation is 3. The summed E-state index contributed by atoms with van der Waals surface area (Å²) in [5, 5.41) is 7.83. The van der Waals surface area contributed by atoms with Crippen molar-refractivity contribution >= 4 is 28.4 Å². The van der Waals surface area contributed by atoms with Gasteiger partial charge in [0.1, 0.15) is 11.3 Å². The fraction of sp³-hybridized carbons (Fsp3) is 0.368. The van der Waals surface area contributed by atoms with Gasteiger partial charge in [-0.3, -0.25) is 9.48 Å². The van der Waals surface area contributed by atoms with Gasteiger partial charge in [-0.2, -0.15) is 5.10 Å². The molecule has 0 spiro atoms. The number of nitrogens with zero attached hydrogens (tertiary/aromatic N) is 5. The molecular weight excluding hydrogens is 344 g/mol. The molecular formula is C19H22N6O2. The van der Waals surface area contributed by atoms with Crippen LogP contribution in [-0.2, 0) is 11.8 Å². The first-order chi connectivity index (χ1) is 13.0. The second kappa shape index (κ2) is 6.96. The average molecular weight is 366 g/mol. The first-order valence-electron chi connectivity index (χ1n) is 8.95. The molecule has 0 bridgehead atoms. The fourth-order valence-electron chi connectivity index (χ4n) is 3.19. The van der Waals surface area contributed by atoms with Gasteiger partial charge in [0, 0.05) is 31.4 Å². The van der Waals surface area contributed by atoms with E-state index < -0.39 is 0 Å². The molecule has 1 aromatic carbocycles. The second-order valence-corrected chi connectivity index (χ2v) is 6.64. The number of fused-ring (bicyclic) bond motifs is 1. The minimum absolute atomic E-state index is 0.0136. The number of hydrogen-bond donors (Lipinski definition) is 1. The standard InChI is InChI=1S/C19H22N6O2/c1-12-16-17(23-24(12)3)18(21-13(2)20-16)22-15-6-4-5-14(11-15)19(26)25-7-9-27-10-8-25/h4-6,11H,7-10H2,1-3H3,(H,20,21,22). The number of aromatic nitrogens is 4. The summed E-state index contributed by atoms with van der Waals surface area (Å²) in [5.41, 5.74) is 3.95. The van der Waals surface area contributed by atoms with E-state index in [-0.39, 0.29) is 5.91 Å². The summed E-state index contributed by atoms with van der Waals surface area (Å²) in [6, 6.07) is 7.45. The van der Waals surface area contributed by atoms with E-state index in [0.717, 1.165) is 16.9 Å². The number of hydrogen-bond acceptors (Lipinski definition) is 6. The van der Waals surface area contributed by atoms with Crippen molar-refractivity contribution in [1.82, 2.24) is 24.6 Å². The van der Waals surface area contributed by atoms with Crippen molar-refractivity contribution in [2.24, 2.45) is 7.05 Å². The summed E-state index contributed by atoms with van der Waals surface area (Å²) in [7, 11) is 1.89. The number of anilines is 2. The lowest BCUT2D eigenvalue weighted by molar-refractivity contribution is 0.0303. The van der Waals surface area contributed by atoms with Crippen molar-refractivity contribution in [1.29, 1.82) is 0 Å². The van der Waals surface area contributed by atoms with Gasteiger partial charge in [-0.1, -0.05) is 6.07 Å². The zero-order chi connectivity index (χ0) is 19.0. The van der Waals surface area contributed by atoms with Gasteiger partial charge < -0.3 is 15.0 Å². The quantitative estimate of drug-likeness (QED) is 0.765. The molecule has 1 fully saturated rings. The summed E-state index contributed by atoms with van der Waals surface area (Å²) in [6.07, 6.45) is 0. The van der Waals surface area contributed by atoms with Crippen LogP contribution in [0.3, 0.4) is 0 Å². The van der Waals surface area contributed by atoms with Gasteiger partial charge in [-0.15, -0.1) is 0 Å². The molecule has 0 unspecified atom stereocenters. The molecule has 0 saturated carbocycles. The molecule has 1 N–H and O–H groups in total. The van der Waals surface area contributed by atoms with Crippen LogP contribution in [0.15, 0.2) is 24.3 Å². The molecule has 1 amide bonds. The second-order valence-electron chi connectivity index (χ2n) is 6.64. The molecule has 27 heavy (non-hydrogen) atoms. The lowest BCUT2D eigenvalue weighted by Crippen LogP contribution is -2.40. The third-order valence-electron chi connectivity index (χ3n) is 4.74. The maximum absolute atomic E-state index is 12.7. The van der Waals surface area contributed by atoms with Crippen LogP contribution in [-0.4, -0.2) is 56.9 Å². The van der Waals surface area contributed by atoms with Gasteiger partial charge in [0.25, 0.3) is 5.91 Å². The van der Waals surface area contributed by atoms with Crippen molar-refractivity contribution in [3.8, 4) is 0 Å². The molecule has 140 valence electrons. The van der Waals surface area contributed by atoms with Crippen molar-refractivity contribution in [2.45, 2.75) is 13.8 Å².